The van der Waals surface area contributed by atoms with Crippen molar-refractivity contribution in [3.05, 3.63) is 29.8 Å². The van der Waals surface area contributed by atoms with Crippen LogP contribution in [0, 0.1) is 11.6 Å². The summed E-state index contributed by atoms with van der Waals surface area (Å²) in [6.45, 7) is 0.248. The maximum Gasteiger partial charge on any atom is 0.329 e. The van der Waals surface area contributed by atoms with Gasteiger partial charge in [-0.1, -0.05) is 6.07 Å². The number of para-hydroxylation sites is 1. The summed E-state index contributed by atoms with van der Waals surface area (Å²) in [6, 6.07) is 1.94. The number of rotatable bonds is 1. The van der Waals surface area contributed by atoms with Gasteiger partial charge in [-0.15, -0.1) is 0 Å². The zero-order chi connectivity index (χ0) is 13.6. The van der Waals surface area contributed by atoms with Crippen molar-refractivity contribution in [1.82, 2.24) is 4.90 Å². The van der Waals surface area contributed by atoms with Gasteiger partial charge >= 0.3 is 12.0 Å². The number of carbonyl (C=O) groups is 2. The van der Waals surface area contributed by atoms with Gasteiger partial charge in [-0.05, 0) is 12.1 Å². The molecule has 0 aromatic heterocycles. The van der Waals surface area contributed by atoms with Gasteiger partial charge in [-0.2, -0.15) is 0 Å². The molecular weight excluding hydrogens is 258 g/mol. The van der Waals surface area contributed by atoms with E-state index in [0.717, 1.165) is 12.1 Å². The third kappa shape index (κ3) is 1.91. The normalized spacial score (nSPS) is 24.5. The highest BCUT2D eigenvalue weighted by Gasteiger charge is 2.48. The van der Waals surface area contributed by atoms with Crippen LogP contribution in [0.2, 0.25) is 0 Å². The van der Waals surface area contributed by atoms with Gasteiger partial charge in [-0.3, -0.25) is 0 Å². The molecule has 7 heteroatoms. The Labute approximate surface area is 107 Å². The summed E-state index contributed by atoms with van der Waals surface area (Å²) in [7, 11) is 0. The fourth-order valence-electron chi connectivity index (χ4n) is 2.37. The first-order chi connectivity index (χ1) is 9.06. The second kappa shape index (κ2) is 4.18. The SMILES string of the molecule is O=C1O[C@@H]2C[C@H]1N(C(=O)Nc1c(F)cccc1F)C2. The van der Waals surface area contributed by atoms with E-state index in [1.54, 1.807) is 0 Å². The van der Waals surface area contributed by atoms with E-state index < -0.39 is 35.4 Å². The summed E-state index contributed by atoms with van der Waals surface area (Å²) in [5.41, 5.74) is -0.511. The lowest BCUT2D eigenvalue weighted by atomic mass is 10.2. The van der Waals surface area contributed by atoms with Crippen molar-refractivity contribution in [3.8, 4) is 0 Å². The summed E-state index contributed by atoms with van der Waals surface area (Å²) in [6.07, 6.45) is 0.125. The van der Waals surface area contributed by atoms with Crippen molar-refractivity contribution >= 4 is 17.7 Å². The number of nitrogens with one attached hydrogen (secondary N) is 1. The minimum absolute atomic E-state index is 0.248. The number of nitrogens with zero attached hydrogens (tertiary/aromatic N) is 1. The van der Waals surface area contributed by atoms with Crippen molar-refractivity contribution in [3.63, 3.8) is 0 Å². The van der Waals surface area contributed by atoms with Gasteiger partial charge in [0.2, 0.25) is 0 Å². The molecule has 2 amide bonds. The molecule has 100 valence electrons. The number of hydrogen-bond acceptors (Lipinski definition) is 3. The van der Waals surface area contributed by atoms with Crippen LogP contribution in [-0.2, 0) is 9.53 Å². The fraction of sp³-hybridized carbons (Fsp3) is 0.333. The Balaban J connectivity index is 1.78. The zero-order valence-electron chi connectivity index (χ0n) is 9.73. The number of ether oxygens (including phenoxy) is 1. The van der Waals surface area contributed by atoms with Crippen LogP contribution in [0.25, 0.3) is 0 Å². The Morgan fingerprint density at radius 2 is 2.05 bits per heavy atom. The molecule has 2 fully saturated rings. The van der Waals surface area contributed by atoms with E-state index in [9.17, 15) is 18.4 Å². The van der Waals surface area contributed by atoms with Crippen molar-refractivity contribution in [2.45, 2.75) is 18.6 Å². The predicted molar refractivity (Wildman–Crippen MR) is 60.4 cm³/mol. The number of benzene rings is 1. The van der Waals surface area contributed by atoms with Gasteiger partial charge in [0.1, 0.15) is 29.5 Å². The van der Waals surface area contributed by atoms with E-state index >= 15 is 0 Å². The molecule has 1 aromatic rings. The third-order valence-corrected chi connectivity index (χ3v) is 3.27. The van der Waals surface area contributed by atoms with Crippen LogP contribution in [0.15, 0.2) is 18.2 Å². The Kier molecular flexibility index (Phi) is 2.62. The number of hydrogen-bond donors (Lipinski definition) is 1. The molecule has 2 heterocycles. The molecule has 0 spiro atoms. The summed E-state index contributed by atoms with van der Waals surface area (Å²) in [5.74, 6) is -2.19. The summed E-state index contributed by atoms with van der Waals surface area (Å²) in [4.78, 5) is 24.5. The smallest absolute Gasteiger partial charge is 0.329 e. The topological polar surface area (TPSA) is 58.6 Å². The molecule has 0 radical (unpaired) electrons. The molecule has 1 aromatic carbocycles. The first-order valence-corrected chi connectivity index (χ1v) is 5.78. The average molecular weight is 268 g/mol. The van der Waals surface area contributed by atoms with Crippen molar-refractivity contribution in [1.29, 1.82) is 0 Å². The van der Waals surface area contributed by atoms with Crippen LogP contribution < -0.4 is 5.32 Å². The van der Waals surface area contributed by atoms with Gasteiger partial charge in [0.25, 0.3) is 0 Å². The molecule has 0 unspecified atom stereocenters. The van der Waals surface area contributed by atoms with Gasteiger partial charge in [0.05, 0.1) is 6.54 Å². The number of esters is 1. The Morgan fingerprint density at radius 1 is 1.37 bits per heavy atom. The van der Waals surface area contributed by atoms with E-state index in [-0.39, 0.29) is 12.6 Å². The minimum atomic E-state index is -0.861. The standard InChI is InChI=1S/C12H10F2N2O3/c13-7-2-1-3-8(14)10(7)15-12(18)16-5-6-4-9(16)11(17)19-6/h1-3,6,9H,4-5H2,(H,15,18)/t6-,9-/m1/s1. The third-order valence-electron chi connectivity index (χ3n) is 3.27. The largest absolute Gasteiger partial charge is 0.459 e. The number of urea groups is 1. The summed E-state index contributed by atoms with van der Waals surface area (Å²) >= 11 is 0. The lowest BCUT2D eigenvalue weighted by Gasteiger charge is -2.25. The van der Waals surface area contributed by atoms with Crippen molar-refractivity contribution < 1.29 is 23.1 Å². The van der Waals surface area contributed by atoms with Gasteiger partial charge in [-0.25, -0.2) is 18.4 Å². The number of carbonyl (C=O) groups excluding carboxylic acids is 2. The Hall–Kier alpha value is -2.18. The van der Waals surface area contributed by atoms with E-state index in [2.05, 4.69) is 5.32 Å². The molecule has 19 heavy (non-hydrogen) atoms. The Bertz CT molecular complexity index is 544. The maximum atomic E-state index is 13.4. The van der Waals surface area contributed by atoms with Crippen LogP contribution in [0.4, 0.5) is 19.3 Å². The highest BCUT2D eigenvalue weighted by atomic mass is 19.1. The molecule has 2 aliphatic heterocycles. The van der Waals surface area contributed by atoms with E-state index in [0.29, 0.717) is 6.42 Å². The van der Waals surface area contributed by atoms with Crippen molar-refractivity contribution in [2.24, 2.45) is 0 Å². The van der Waals surface area contributed by atoms with Gasteiger partial charge in [0.15, 0.2) is 0 Å². The Morgan fingerprint density at radius 3 is 2.63 bits per heavy atom. The number of fused-ring (bicyclic) bond motifs is 2. The van der Waals surface area contributed by atoms with Crippen LogP contribution in [0.1, 0.15) is 6.42 Å². The molecule has 2 bridgehead atoms. The second-order valence-corrected chi connectivity index (χ2v) is 4.49. The lowest BCUT2D eigenvalue weighted by molar-refractivity contribution is -0.149. The average Bonchev–Trinajstić information content (AvgIpc) is 2.92. The number of amides is 2. The fourth-order valence-corrected chi connectivity index (χ4v) is 2.37. The van der Waals surface area contributed by atoms with Crippen LogP contribution >= 0.6 is 0 Å². The molecule has 1 N–H and O–H groups in total. The quantitative estimate of drug-likeness (QED) is 0.785. The number of anilines is 1. The van der Waals surface area contributed by atoms with Gasteiger partial charge < -0.3 is 15.0 Å². The minimum Gasteiger partial charge on any atom is -0.459 e. The zero-order valence-corrected chi connectivity index (χ0v) is 9.73. The molecule has 0 saturated carbocycles. The lowest BCUT2D eigenvalue weighted by Crippen LogP contribution is -2.46. The van der Waals surface area contributed by atoms with E-state index in [1.165, 1.54) is 11.0 Å². The maximum absolute atomic E-state index is 13.4. The number of likely N-dealkylation sites (tertiary alicyclic amines) is 1. The first-order valence-electron chi connectivity index (χ1n) is 5.78. The van der Waals surface area contributed by atoms with Crippen molar-refractivity contribution in [2.75, 3.05) is 11.9 Å². The van der Waals surface area contributed by atoms with Crippen LogP contribution in [0.3, 0.4) is 0 Å². The molecule has 0 aliphatic carbocycles. The molecule has 2 atom stereocenters. The second-order valence-electron chi connectivity index (χ2n) is 4.49. The summed E-state index contributed by atoms with van der Waals surface area (Å²) in [5, 5.41) is 2.16. The van der Waals surface area contributed by atoms with E-state index in [4.69, 9.17) is 4.74 Å². The molecule has 2 aliphatic rings. The van der Waals surface area contributed by atoms with Gasteiger partial charge in [0, 0.05) is 6.42 Å². The van der Waals surface area contributed by atoms with Crippen LogP contribution in [0.5, 0.6) is 0 Å². The molecule has 3 rings (SSSR count). The highest BCUT2D eigenvalue weighted by molar-refractivity contribution is 5.94. The predicted octanol–water partition coefficient (Wildman–Crippen LogP) is 1.50. The highest BCUT2D eigenvalue weighted by Crippen LogP contribution is 2.30. The number of morpholine rings is 1. The molecular formula is C12H10F2N2O3. The first kappa shape index (κ1) is 11.9. The molecule has 2 saturated heterocycles. The number of halogens is 2. The molecule has 5 nitrogen and oxygen atoms in total. The summed E-state index contributed by atoms with van der Waals surface area (Å²) < 4.78 is 31.7. The van der Waals surface area contributed by atoms with Crippen LogP contribution in [-0.4, -0.2) is 35.6 Å². The van der Waals surface area contributed by atoms with E-state index in [1.807, 2.05) is 0 Å². The monoisotopic (exact) mass is 268 g/mol.